The number of ether oxygens (including phenoxy) is 2. The molecule has 0 bridgehead atoms. The van der Waals surface area contributed by atoms with Crippen molar-refractivity contribution < 1.29 is 58.7 Å². The first-order valence-electron chi connectivity index (χ1n) is 11.1. The maximum Gasteiger partial charge on any atom is 0.491 e. The van der Waals surface area contributed by atoms with Crippen molar-refractivity contribution >= 4 is 39.5 Å². The molecule has 0 spiro atoms. The molecule has 0 unspecified atom stereocenters. The standard InChI is InChI=1S/C22H21ClF6N4O7S/c23-15-7-4-13(21(24,25)26)11-17(15)41(36,37)33-16(18(34)40-19(35)22(27,28)29)10-12-2-5-14(6-3-12)38-8-1-9-39-32-20(30)31/h2-7,11,16,33H,1,8-10H2,(H4,30,31,32)/t16-/m0/s1. The highest BCUT2D eigenvalue weighted by atomic mass is 35.5. The van der Waals surface area contributed by atoms with Gasteiger partial charge in [0.2, 0.25) is 16.0 Å². The minimum absolute atomic E-state index is 0.130. The minimum atomic E-state index is -5.60. The molecule has 2 aromatic rings. The second-order valence-corrected chi connectivity index (χ2v) is 10.0. The summed E-state index contributed by atoms with van der Waals surface area (Å²) in [6.45, 7) is 0.277. The molecule has 1 atom stereocenters. The Bertz CT molecular complexity index is 1360. The molecule has 11 nitrogen and oxygen atoms in total. The van der Waals surface area contributed by atoms with E-state index in [0.717, 1.165) is 0 Å². The van der Waals surface area contributed by atoms with Crippen molar-refractivity contribution in [2.24, 2.45) is 5.73 Å². The smallest absolute Gasteiger partial charge is 0.491 e. The molecule has 0 heterocycles. The molecule has 2 aromatic carbocycles. The van der Waals surface area contributed by atoms with E-state index in [1.807, 2.05) is 0 Å². The number of carbonyl (C=O) groups is 2. The average Bonchev–Trinajstić information content (AvgIpc) is 2.85. The zero-order valence-corrected chi connectivity index (χ0v) is 22.0. The van der Waals surface area contributed by atoms with Crippen molar-refractivity contribution in [2.75, 3.05) is 13.2 Å². The number of nitrogens with one attached hydrogen (secondary N) is 3. The second-order valence-electron chi connectivity index (χ2n) is 7.94. The van der Waals surface area contributed by atoms with Crippen LogP contribution in [0.15, 0.2) is 47.4 Å². The van der Waals surface area contributed by atoms with Crippen molar-refractivity contribution in [3.8, 4) is 5.75 Å². The molecule has 0 fully saturated rings. The van der Waals surface area contributed by atoms with Crippen LogP contribution in [0, 0.1) is 5.41 Å². The van der Waals surface area contributed by atoms with Crippen LogP contribution >= 0.6 is 11.6 Å². The number of guanidine groups is 1. The van der Waals surface area contributed by atoms with Crippen LogP contribution in [0.3, 0.4) is 0 Å². The summed E-state index contributed by atoms with van der Waals surface area (Å²) in [6.07, 6.45) is -10.9. The average molecular weight is 635 g/mol. The summed E-state index contributed by atoms with van der Waals surface area (Å²) in [4.78, 5) is 27.3. The lowest BCUT2D eigenvalue weighted by atomic mass is 10.1. The number of rotatable bonds is 12. The molecular formula is C22H21ClF6N4O7S. The van der Waals surface area contributed by atoms with E-state index in [1.165, 1.54) is 24.3 Å². The SMILES string of the molecule is N=C(N)NOCCCOc1ccc(C[C@H](NS(=O)(=O)c2cc(C(F)(F)F)ccc2Cl)C(=O)OC(=O)C(F)(F)F)cc1. The number of carbonyl (C=O) groups excluding carboxylic acids is 2. The Morgan fingerprint density at radius 2 is 1.66 bits per heavy atom. The third-order valence-corrected chi connectivity index (χ3v) is 6.71. The third-order valence-electron chi connectivity index (χ3n) is 4.76. The van der Waals surface area contributed by atoms with Gasteiger partial charge in [0.25, 0.3) is 0 Å². The van der Waals surface area contributed by atoms with Crippen LogP contribution in [0.2, 0.25) is 5.02 Å². The molecule has 0 aliphatic rings. The van der Waals surface area contributed by atoms with Gasteiger partial charge in [0.1, 0.15) is 16.7 Å². The molecule has 19 heteroatoms. The number of hydrogen-bond acceptors (Lipinski definition) is 8. The van der Waals surface area contributed by atoms with Gasteiger partial charge in [-0.2, -0.15) is 31.1 Å². The fourth-order valence-electron chi connectivity index (χ4n) is 2.94. The lowest BCUT2D eigenvalue weighted by molar-refractivity contribution is -0.202. The summed E-state index contributed by atoms with van der Waals surface area (Å²) in [6, 6.07) is 4.44. The fourth-order valence-corrected chi connectivity index (χ4v) is 4.65. The molecule has 0 aliphatic carbocycles. The first kappa shape index (κ1) is 33.6. The van der Waals surface area contributed by atoms with E-state index in [1.54, 1.807) is 4.72 Å². The van der Waals surface area contributed by atoms with Gasteiger partial charge in [-0.1, -0.05) is 23.7 Å². The summed E-state index contributed by atoms with van der Waals surface area (Å²) in [5.74, 6) is -5.02. The highest BCUT2D eigenvalue weighted by Gasteiger charge is 2.44. The van der Waals surface area contributed by atoms with Crippen molar-refractivity contribution in [3.05, 3.63) is 58.6 Å². The van der Waals surface area contributed by atoms with E-state index in [2.05, 4.69) is 10.2 Å². The molecule has 0 saturated heterocycles. The summed E-state index contributed by atoms with van der Waals surface area (Å²) in [5, 5.41) is 6.24. The van der Waals surface area contributed by atoms with Crippen LogP contribution in [0.1, 0.15) is 17.5 Å². The Kier molecular flexibility index (Phi) is 11.3. The topological polar surface area (TPSA) is 170 Å². The number of benzene rings is 2. The van der Waals surface area contributed by atoms with E-state index in [0.29, 0.717) is 18.6 Å². The van der Waals surface area contributed by atoms with E-state index >= 15 is 0 Å². The van der Waals surface area contributed by atoms with E-state index in [9.17, 15) is 44.3 Å². The van der Waals surface area contributed by atoms with Gasteiger partial charge in [-0.05, 0) is 42.3 Å². The zero-order valence-electron chi connectivity index (χ0n) is 20.4. The first-order chi connectivity index (χ1) is 18.9. The van der Waals surface area contributed by atoms with E-state index < -0.39 is 68.2 Å². The molecule has 0 saturated carbocycles. The molecule has 41 heavy (non-hydrogen) atoms. The summed E-state index contributed by atoms with van der Waals surface area (Å²) < 4.78 is 114. The molecule has 5 N–H and O–H groups in total. The van der Waals surface area contributed by atoms with Crippen LogP contribution < -0.4 is 20.7 Å². The Balaban J connectivity index is 2.24. The number of hydrogen-bond donors (Lipinski definition) is 4. The minimum Gasteiger partial charge on any atom is -0.494 e. The molecule has 0 amide bonds. The maximum atomic E-state index is 13.1. The van der Waals surface area contributed by atoms with Crippen molar-refractivity contribution in [1.29, 1.82) is 5.41 Å². The van der Waals surface area contributed by atoms with Gasteiger partial charge in [-0.25, -0.2) is 23.5 Å². The number of alkyl halides is 6. The van der Waals surface area contributed by atoms with Crippen molar-refractivity contribution in [3.63, 3.8) is 0 Å². The van der Waals surface area contributed by atoms with Crippen LogP contribution in [-0.4, -0.2) is 51.7 Å². The van der Waals surface area contributed by atoms with Crippen LogP contribution in [0.5, 0.6) is 5.75 Å². The van der Waals surface area contributed by atoms with Gasteiger partial charge < -0.3 is 15.2 Å². The summed E-state index contributed by atoms with van der Waals surface area (Å²) in [7, 11) is -5.08. The third kappa shape index (κ3) is 10.7. The Labute approximate surface area is 233 Å². The Morgan fingerprint density at radius 3 is 2.22 bits per heavy atom. The van der Waals surface area contributed by atoms with Gasteiger partial charge >= 0.3 is 24.3 Å². The van der Waals surface area contributed by atoms with Gasteiger partial charge in [0.05, 0.1) is 23.8 Å². The van der Waals surface area contributed by atoms with Gasteiger partial charge in [-0.3, -0.25) is 10.2 Å². The van der Waals surface area contributed by atoms with Gasteiger partial charge in [0, 0.05) is 6.42 Å². The second kappa shape index (κ2) is 13.8. The number of halogens is 7. The largest absolute Gasteiger partial charge is 0.494 e. The molecule has 226 valence electrons. The highest BCUT2D eigenvalue weighted by Crippen LogP contribution is 2.33. The van der Waals surface area contributed by atoms with E-state index in [4.69, 9.17) is 32.3 Å². The number of nitrogens with two attached hydrogens (primary N) is 1. The van der Waals surface area contributed by atoms with Gasteiger partial charge in [-0.15, -0.1) is 0 Å². The molecular weight excluding hydrogens is 614 g/mol. The quantitative estimate of drug-likeness (QED) is 0.0521. The maximum absolute atomic E-state index is 13.1. The first-order valence-corrected chi connectivity index (χ1v) is 12.9. The summed E-state index contributed by atoms with van der Waals surface area (Å²) >= 11 is 5.75. The summed E-state index contributed by atoms with van der Waals surface area (Å²) in [5.41, 5.74) is 5.87. The number of sulfonamides is 1. The lowest BCUT2D eigenvalue weighted by Crippen LogP contribution is -2.45. The van der Waals surface area contributed by atoms with Gasteiger partial charge in [0.15, 0.2) is 0 Å². The van der Waals surface area contributed by atoms with Crippen LogP contribution in [0.4, 0.5) is 26.3 Å². The predicted octanol–water partition coefficient (Wildman–Crippen LogP) is 3.06. The highest BCUT2D eigenvalue weighted by molar-refractivity contribution is 7.89. The Hall–Kier alpha value is -3.61. The molecule has 0 aromatic heterocycles. The number of esters is 2. The van der Waals surface area contributed by atoms with Crippen LogP contribution in [-0.2, 0) is 41.8 Å². The lowest BCUT2D eigenvalue weighted by Gasteiger charge is -2.19. The fraction of sp³-hybridized carbons (Fsp3) is 0.318. The molecule has 0 radical (unpaired) electrons. The van der Waals surface area contributed by atoms with E-state index in [-0.39, 0.29) is 30.6 Å². The molecule has 2 rings (SSSR count). The zero-order chi connectivity index (χ0) is 31.0. The Morgan fingerprint density at radius 1 is 1.02 bits per heavy atom. The van der Waals surface area contributed by atoms with Crippen LogP contribution in [0.25, 0.3) is 0 Å². The number of hydroxylamine groups is 1. The monoisotopic (exact) mass is 634 g/mol. The normalized spacial score (nSPS) is 12.9. The van der Waals surface area contributed by atoms with Crippen molar-refractivity contribution in [2.45, 2.75) is 36.1 Å². The van der Waals surface area contributed by atoms with Crippen molar-refractivity contribution in [1.82, 2.24) is 10.2 Å². The predicted molar refractivity (Wildman–Crippen MR) is 129 cm³/mol. The molecule has 0 aliphatic heterocycles.